The molecule has 33 heavy (non-hydrogen) atoms. The van der Waals surface area contributed by atoms with Crippen molar-refractivity contribution in [3.05, 3.63) is 75.0 Å². The number of nitrogens with zero attached hydrogens (tertiary/aromatic N) is 2. The molecule has 3 rings (SSSR count). The average molecular weight is 489 g/mol. The third kappa shape index (κ3) is 6.24. The number of benzene rings is 2. The van der Waals surface area contributed by atoms with Crippen LogP contribution in [-0.2, 0) is 20.9 Å². The minimum atomic E-state index is -0.555. The minimum absolute atomic E-state index is 0.0455. The number of hydrogen-bond acceptors (Lipinski definition) is 6. The second-order valence-electron chi connectivity index (χ2n) is 7.48. The zero-order valence-corrected chi connectivity index (χ0v) is 19.9. The van der Waals surface area contributed by atoms with Gasteiger partial charge in [-0.15, -0.1) is 11.3 Å². The van der Waals surface area contributed by atoms with E-state index in [-0.39, 0.29) is 31.1 Å². The van der Waals surface area contributed by atoms with Crippen molar-refractivity contribution in [1.29, 1.82) is 0 Å². The van der Waals surface area contributed by atoms with Gasteiger partial charge in [-0.2, -0.15) is 0 Å². The van der Waals surface area contributed by atoms with E-state index in [2.05, 4.69) is 4.98 Å². The molecule has 0 aliphatic carbocycles. The summed E-state index contributed by atoms with van der Waals surface area (Å²) < 4.78 is 18.2. The van der Waals surface area contributed by atoms with Crippen molar-refractivity contribution in [3.63, 3.8) is 0 Å². The van der Waals surface area contributed by atoms with Crippen LogP contribution in [0.15, 0.2) is 41.8 Å². The summed E-state index contributed by atoms with van der Waals surface area (Å²) in [5.74, 6) is -1.51. The summed E-state index contributed by atoms with van der Waals surface area (Å²) in [6.07, 6.45) is -0.152. The maximum atomic E-state index is 13.0. The Bertz CT molecular complexity index is 1170. The number of Topliss-reactive ketones (excluding diaryl/α,β-unsaturated/α-hetero) is 1. The lowest BCUT2D eigenvalue weighted by molar-refractivity contribution is -0.145. The number of ketones is 1. The van der Waals surface area contributed by atoms with Gasteiger partial charge >= 0.3 is 5.97 Å². The molecule has 6 nitrogen and oxygen atoms in total. The van der Waals surface area contributed by atoms with Crippen LogP contribution in [0.3, 0.4) is 0 Å². The van der Waals surface area contributed by atoms with E-state index in [1.807, 2.05) is 19.9 Å². The summed E-state index contributed by atoms with van der Waals surface area (Å²) in [5.41, 5.74) is 3.19. The van der Waals surface area contributed by atoms with Gasteiger partial charge in [-0.1, -0.05) is 17.7 Å². The lowest BCUT2D eigenvalue weighted by Gasteiger charge is -2.22. The highest BCUT2D eigenvalue weighted by atomic mass is 35.5. The lowest BCUT2D eigenvalue weighted by Crippen LogP contribution is -2.24. The molecule has 1 aromatic heterocycles. The maximum absolute atomic E-state index is 13.0. The van der Waals surface area contributed by atoms with Crippen molar-refractivity contribution in [2.24, 2.45) is 0 Å². The highest BCUT2D eigenvalue weighted by Crippen LogP contribution is 2.37. The molecular formula is C24H22ClFN2O4S. The first-order valence-corrected chi connectivity index (χ1v) is 11.4. The van der Waals surface area contributed by atoms with Crippen molar-refractivity contribution < 1.29 is 23.5 Å². The molecule has 0 N–H and O–H groups in total. The third-order valence-corrected chi connectivity index (χ3v) is 5.93. The number of carbonyl (C=O) groups excluding carboxylic acids is 3. The number of thiazole rings is 1. The first-order valence-electron chi connectivity index (χ1n) is 10.1. The molecule has 0 bridgehead atoms. The van der Waals surface area contributed by atoms with Crippen molar-refractivity contribution in [1.82, 2.24) is 4.98 Å². The molecule has 2 aromatic carbocycles. The van der Waals surface area contributed by atoms with Crippen LogP contribution in [0.1, 0.15) is 46.9 Å². The summed E-state index contributed by atoms with van der Waals surface area (Å²) in [6, 6.07) is 8.86. The molecule has 172 valence electrons. The van der Waals surface area contributed by atoms with Crippen LogP contribution in [0.4, 0.5) is 15.2 Å². The quantitative estimate of drug-likeness (QED) is 0.289. The van der Waals surface area contributed by atoms with E-state index in [0.29, 0.717) is 27.1 Å². The van der Waals surface area contributed by atoms with Crippen molar-refractivity contribution >= 4 is 51.4 Å². The first-order chi connectivity index (χ1) is 15.7. The van der Waals surface area contributed by atoms with Gasteiger partial charge in [0.2, 0.25) is 5.91 Å². The molecule has 0 atom stereocenters. The molecule has 0 radical (unpaired) electrons. The Hall–Kier alpha value is -3.10. The largest absolute Gasteiger partial charge is 0.459 e. The number of anilines is 2. The minimum Gasteiger partial charge on any atom is -0.459 e. The molecule has 0 aliphatic heterocycles. The lowest BCUT2D eigenvalue weighted by atomic mass is 10.1. The molecule has 0 unspecified atom stereocenters. The molecule has 1 amide bonds. The van der Waals surface area contributed by atoms with Crippen molar-refractivity contribution in [2.45, 2.75) is 40.2 Å². The van der Waals surface area contributed by atoms with Gasteiger partial charge in [-0.25, -0.2) is 9.37 Å². The summed E-state index contributed by atoms with van der Waals surface area (Å²) in [4.78, 5) is 42.4. The number of esters is 1. The molecular weight excluding hydrogens is 467 g/mol. The van der Waals surface area contributed by atoms with Gasteiger partial charge in [0.25, 0.3) is 0 Å². The van der Waals surface area contributed by atoms with E-state index < -0.39 is 11.8 Å². The standard InChI is InChI=1S/C24H22ClFN2O4S/c1-14-10-15(2)23(20(25)11-14)28(16(3)29)24-27-19(13-33-24)12-32-22(31)9-8-21(30)17-4-6-18(26)7-5-17/h4-7,10-11,13H,8-9,12H2,1-3H3. The van der Waals surface area contributed by atoms with Crippen LogP contribution >= 0.6 is 22.9 Å². The van der Waals surface area contributed by atoms with E-state index in [1.165, 1.54) is 47.4 Å². The summed E-state index contributed by atoms with van der Waals surface area (Å²) >= 11 is 7.64. The van der Waals surface area contributed by atoms with E-state index in [0.717, 1.165) is 11.1 Å². The number of hydrogen-bond donors (Lipinski definition) is 0. The van der Waals surface area contributed by atoms with E-state index >= 15 is 0 Å². The molecule has 9 heteroatoms. The first kappa shape index (κ1) is 24.5. The van der Waals surface area contributed by atoms with E-state index in [4.69, 9.17) is 16.3 Å². The summed E-state index contributed by atoms with van der Waals surface area (Å²) in [7, 11) is 0. The Morgan fingerprint density at radius 3 is 2.45 bits per heavy atom. The number of carbonyl (C=O) groups is 3. The molecule has 3 aromatic rings. The molecule has 0 saturated carbocycles. The zero-order valence-electron chi connectivity index (χ0n) is 18.4. The van der Waals surface area contributed by atoms with Crippen LogP contribution in [0.25, 0.3) is 0 Å². The highest BCUT2D eigenvalue weighted by Gasteiger charge is 2.23. The second kappa shape index (κ2) is 10.7. The highest BCUT2D eigenvalue weighted by molar-refractivity contribution is 7.14. The predicted octanol–water partition coefficient (Wildman–Crippen LogP) is 5.94. The van der Waals surface area contributed by atoms with Gasteiger partial charge < -0.3 is 4.74 Å². The van der Waals surface area contributed by atoms with Crippen LogP contribution in [0.2, 0.25) is 5.02 Å². The van der Waals surface area contributed by atoms with Crippen LogP contribution < -0.4 is 4.90 Å². The monoisotopic (exact) mass is 488 g/mol. The number of ether oxygens (including phenoxy) is 1. The van der Waals surface area contributed by atoms with Gasteiger partial charge in [0.15, 0.2) is 10.9 Å². The van der Waals surface area contributed by atoms with Crippen LogP contribution in [0.5, 0.6) is 0 Å². The average Bonchev–Trinajstić information content (AvgIpc) is 3.21. The summed E-state index contributed by atoms with van der Waals surface area (Å²) in [6.45, 7) is 5.12. The molecule has 0 fully saturated rings. The predicted molar refractivity (Wildman–Crippen MR) is 126 cm³/mol. The number of amides is 1. The van der Waals surface area contributed by atoms with Crippen LogP contribution in [0, 0.1) is 19.7 Å². The van der Waals surface area contributed by atoms with Gasteiger partial charge in [-0.05, 0) is 55.3 Å². The third-order valence-electron chi connectivity index (χ3n) is 4.77. The fourth-order valence-corrected chi connectivity index (χ4v) is 4.53. The Morgan fingerprint density at radius 2 is 1.82 bits per heavy atom. The molecule has 0 aliphatic rings. The normalized spacial score (nSPS) is 10.7. The number of aryl methyl sites for hydroxylation is 2. The molecule has 0 saturated heterocycles. The van der Waals surface area contributed by atoms with E-state index in [9.17, 15) is 18.8 Å². The second-order valence-corrected chi connectivity index (χ2v) is 8.72. The van der Waals surface area contributed by atoms with Crippen molar-refractivity contribution in [3.8, 4) is 0 Å². The van der Waals surface area contributed by atoms with Crippen LogP contribution in [-0.4, -0.2) is 22.6 Å². The van der Waals surface area contributed by atoms with Crippen molar-refractivity contribution in [2.75, 3.05) is 4.90 Å². The van der Waals surface area contributed by atoms with Gasteiger partial charge in [0.05, 0.1) is 22.8 Å². The summed E-state index contributed by atoms with van der Waals surface area (Å²) in [5, 5.41) is 2.55. The number of aromatic nitrogens is 1. The number of rotatable bonds is 8. The molecule has 0 spiro atoms. The fraction of sp³-hybridized carbons (Fsp3) is 0.250. The molecule has 1 heterocycles. The Morgan fingerprint density at radius 1 is 1.12 bits per heavy atom. The van der Waals surface area contributed by atoms with E-state index in [1.54, 1.807) is 11.4 Å². The van der Waals surface area contributed by atoms with Gasteiger partial charge in [-0.3, -0.25) is 19.3 Å². The van der Waals surface area contributed by atoms with Gasteiger partial charge in [0, 0.05) is 24.3 Å². The Labute approximate surface area is 200 Å². The number of halogens is 2. The zero-order chi connectivity index (χ0) is 24.1. The smallest absolute Gasteiger partial charge is 0.306 e. The topological polar surface area (TPSA) is 76.6 Å². The Kier molecular flexibility index (Phi) is 7.94. The Balaban J connectivity index is 1.61. The fourth-order valence-electron chi connectivity index (χ4n) is 3.27. The van der Waals surface area contributed by atoms with Gasteiger partial charge in [0.1, 0.15) is 12.4 Å². The SMILES string of the molecule is CC(=O)N(c1nc(COC(=O)CCC(=O)c2ccc(F)cc2)cs1)c1c(C)cc(C)cc1Cl. The maximum Gasteiger partial charge on any atom is 0.306 e.